The first-order valence-electron chi connectivity index (χ1n) is 21.1. The van der Waals surface area contributed by atoms with E-state index in [9.17, 15) is 38.3 Å². The van der Waals surface area contributed by atoms with E-state index in [1.165, 1.54) is 49.5 Å². The van der Waals surface area contributed by atoms with Gasteiger partial charge in [0.25, 0.3) is 11.8 Å². The van der Waals surface area contributed by atoms with Crippen molar-refractivity contribution in [1.29, 1.82) is 0 Å². The number of benzene rings is 4. The first kappa shape index (κ1) is 49.5. The summed E-state index contributed by atoms with van der Waals surface area (Å²) in [4.78, 5) is 81.0. The number of rotatable bonds is 20. The number of nitrogens with two attached hydrogens (primary N) is 2. The molecule has 21 heteroatoms. The lowest BCUT2D eigenvalue weighted by molar-refractivity contribution is -0.139. The first-order chi connectivity index (χ1) is 31.9. The maximum Gasteiger partial charge on any atom is 0.269 e. The third-order valence-electron chi connectivity index (χ3n) is 11.4. The SMILES string of the molecule is CCC(C)N(CC(=O)NCc1cccc(Cl)c1F)C(=O)Cn1nc(C(N)=O)c2ccc(-c3ccc(CNC(=O)CN(C(=O)Cn4nc(C(N)=O)c5ccccc54)C(C)CCO)c(F)c3Cl)cc21. The van der Waals surface area contributed by atoms with E-state index in [0.29, 0.717) is 28.3 Å². The third-order valence-corrected chi connectivity index (χ3v) is 12.0. The average molecular weight is 962 g/mol. The molecule has 0 aliphatic heterocycles. The fourth-order valence-electron chi connectivity index (χ4n) is 7.50. The second-order valence-corrected chi connectivity index (χ2v) is 16.6. The Morgan fingerprint density at radius 3 is 1.85 bits per heavy atom. The van der Waals surface area contributed by atoms with Crippen molar-refractivity contribution in [3.63, 3.8) is 0 Å². The maximum atomic E-state index is 16.0. The molecule has 2 aromatic heterocycles. The number of carbonyl (C=O) groups is 6. The highest BCUT2D eigenvalue weighted by atomic mass is 35.5. The van der Waals surface area contributed by atoms with Gasteiger partial charge in [-0.3, -0.25) is 38.1 Å². The van der Waals surface area contributed by atoms with E-state index in [-0.39, 0.29) is 82.8 Å². The number of aliphatic hydroxyl groups is 1. The fourth-order valence-corrected chi connectivity index (χ4v) is 7.98. The molecule has 7 N–H and O–H groups in total. The molecule has 6 aromatic rings. The Morgan fingerprint density at radius 1 is 0.716 bits per heavy atom. The van der Waals surface area contributed by atoms with Crippen LogP contribution in [0.3, 0.4) is 0 Å². The fraction of sp³-hybridized carbons (Fsp3) is 0.304. The van der Waals surface area contributed by atoms with Crippen LogP contribution in [0.5, 0.6) is 0 Å². The zero-order valence-electron chi connectivity index (χ0n) is 36.7. The normalized spacial score (nSPS) is 12.2. The second kappa shape index (κ2) is 21.6. The summed E-state index contributed by atoms with van der Waals surface area (Å²) in [7, 11) is 0. The summed E-state index contributed by atoms with van der Waals surface area (Å²) in [5.41, 5.74) is 12.6. The monoisotopic (exact) mass is 960 g/mol. The van der Waals surface area contributed by atoms with Gasteiger partial charge < -0.3 is 37.0 Å². The molecule has 0 radical (unpaired) electrons. The van der Waals surface area contributed by atoms with E-state index in [1.807, 2.05) is 6.92 Å². The molecule has 17 nitrogen and oxygen atoms in total. The largest absolute Gasteiger partial charge is 0.396 e. The van der Waals surface area contributed by atoms with Crippen LogP contribution in [-0.4, -0.2) is 102 Å². The molecule has 0 saturated heterocycles. The Morgan fingerprint density at radius 2 is 1.27 bits per heavy atom. The molecule has 2 heterocycles. The highest BCUT2D eigenvalue weighted by Gasteiger charge is 2.27. The van der Waals surface area contributed by atoms with Gasteiger partial charge in [0.05, 0.1) is 34.2 Å². The molecular weight excluding hydrogens is 913 g/mol. The minimum atomic E-state index is -0.869. The van der Waals surface area contributed by atoms with Crippen LogP contribution in [0.2, 0.25) is 10.0 Å². The molecule has 6 rings (SSSR count). The highest BCUT2D eigenvalue weighted by Crippen LogP contribution is 2.34. The number of nitrogens with zero attached hydrogens (tertiary/aromatic N) is 6. The number of hydrogen-bond donors (Lipinski definition) is 5. The Kier molecular flexibility index (Phi) is 15.9. The van der Waals surface area contributed by atoms with E-state index in [2.05, 4.69) is 20.8 Å². The predicted molar refractivity (Wildman–Crippen MR) is 246 cm³/mol. The molecule has 2 unspecified atom stereocenters. The van der Waals surface area contributed by atoms with Crippen LogP contribution in [0.4, 0.5) is 8.78 Å². The Balaban J connectivity index is 1.17. The second-order valence-electron chi connectivity index (χ2n) is 15.8. The molecule has 0 aliphatic carbocycles. The lowest BCUT2D eigenvalue weighted by Gasteiger charge is -2.28. The van der Waals surface area contributed by atoms with Gasteiger partial charge in [0.2, 0.25) is 23.6 Å². The number of aromatic nitrogens is 4. The summed E-state index contributed by atoms with van der Waals surface area (Å²) in [5, 5.41) is 23.8. The molecule has 6 amide bonds. The van der Waals surface area contributed by atoms with Crippen LogP contribution in [0, 0.1) is 11.6 Å². The lowest BCUT2D eigenvalue weighted by Crippen LogP contribution is -2.47. The van der Waals surface area contributed by atoms with Crippen LogP contribution in [0.15, 0.2) is 72.8 Å². The minimum absolute atomic E-state index is 0.0178. The van der Waals surface area contributed by atoms with E-state index >= 15 is 4.39 Å². The van der Waals surface area contributed by atoms with Crippen LogP contribution in [0.25, 0.3) is 32.9 Å². The Hall–Kier alpha value is -6.96. The van der Waals surface area contributed by atoms with E-state index < -0.39 is 72.3 Å². The number of nitrogens with one attached hydrogen (secondary N) is 2. The average Bonchev–Trinajstić information content (AvgIpc) is 3.86. The van der Waals surface area contributed by atoms with E-state index in [4.69, 9.17) is 34.7 Å². The molecule has 0 aliphatic rings. The number of aliphatic hydroxyl groups excluding tert-OH is 1. The van der Waals surface area contributed by atoms with Crippen molar-refractivity contribution in [3.8, 4) is 11.1 Å². The zero-order chi connectivity index (χ0) is 48.7. The Labute approximate surface area is 392 Å². The summed E-state index contributed by atoms with van der Waals surface area (Å²) in [6.45, 7) is 2.91. The van der Waals surface area contributed by atoms with Gasteiger partial charge >= 0.3 is 0 Å². The summed E-state index contributed by atoms with van der Waals surface area (Å²) in [5.74, 6) is -5.42. The summed E-state index contributed by atoms with van der Waals surface area (Å²) in [6, 6.07) is 17.7. The molecule has 0 fully saturated rings. The van der Waals surface area contributed by atoms with Gasteiger partial charge in [-0.15, -0.1) is 0 Å². The quantitative estimate of drug-likeness (QED) is 0.0712. The lowest BCUT2D eigenvalue weighted by atomic mass is 10.0. The zero-order valence-corrected chi connectivity index (χ0v) is 38.2. The summed E-state index contributed by atoms with van der Waals surface area (Å²) >= 11 is 12.5. The van der Waals surface area contributed by atoms with Gasteiger partial charge in [0.1, 0.15) is 24.7 Å². The van der Waals surface area contributed by atoms with Gasteiger partial charge in [-0.05, 0) is 56.5 Å². The highest BCUT2D eigenvalue weighted by molar-refractivity contribution is 6.33. The maximum absolute atomic E-state index is 16.0. The molecule has 0 bridgehead atoms. The van der Waals surface area contributed by atoms with E-state index in [1.54, 1.807) is 56.3 Å². The number of fused-ring (bicyclic) bond motifs is 2. The van der Waals surface area contributed by atoms with Gasteiger partial charge in [-0.1, -0.05) is 78.7 Å². The van der Waals surface area contributed by atoms with Crippen molar-refractivity contribution < 1.29 is 42.7 Å². The molecule has 4 aromatic carbocycles. The van der Waals surface area contributed by atoms with Crippen LogP contribution >= 0.6 is 23.2 Å². The number of amides is 6. The molecule has 0 spiro atoms. The standard InChI is InChI=1S/C46H48Cl2F2N10O7/c1-4-25(2)57(21-36(62)53-19-28-8-7-10-33(47)41(28)49)38(64)24-60-35-18-27(12-15-32(35)44(56-60)46(52)67)30-14-13-29(42(50)40(30)48)20-54-37(63)22-58(26(3)16-17-61)39(65)23-59-34-11-6-5-9-31(34)43(55-59)45(51)66/h5-15,18,25-26,61H,4,16-17,19-24H2,1-3H3,(H2,51,66)(H2,52,67)(H,53,62)(H,54,63). The molecule has 2 atom stereocenters. The van der Waals surface area contributed by atoms with Crippen molar-refractivity contribution in [2.75, 3.05) is 19.7 Å². The number of carbonyl (C=O) groups excluding carboxylic acids is 6. The van der Waals surface area contributed by atoms with Crippen LogP contribution in [-0.2, 0) is 45.4 Å². The molecule has 67 heavy (non-hydrogen) atoms. The van der Waals surface area contributed by atoms with E-state index in [0.717, 1.165) is 0 Å². The smallest absolute Gasteiger partial charge is 0.269 e. The molecule has 352 valence electrons. The minimum Gasteiger partial charge on any atom is -0.396 e. The topological polar surface area (TPSA) is 241 Å². The van der Waals surface area contributed by atoms with Crippen molar-refractivity contribution >= 4 is 80.5 Å². The molecule has 0 saturated carbocycles. The Bertz CT molecular complexity index is 2890. The number of para-hydroxylation sites is 1. The third kappa shape index (κ3) is 11.2. The van der Waals surface area contributed by atoms with Gasteiger partial charge in [0, 0.05) is 59.2 Å². The number of hydrogen-bond acceptors (Lipinski definition) is 9. The molecular formula is C46H48Cl2F2N10O7. The summed E-state index contributed by atoms with van der Waals surface area (Å²) in [6.07, 6.45) is 0.631. The predicted octanol–water partition coefficient (Wildman–Crippen LogP) is 4.70. The van der Waals surface area contributed by atoms with Crippen molar-refractivity contribution in [1.82, 2.24) is 40.0 Å². The van der Waals surface area contributed by atoms with Crippen molar-refractivity contribution in [2.45, 2.75) is 71.9 Å². The van der Waals surface area contributed by atoms with Crippen molar-refractivity contribution in [2.24, 2.45) is 11.5 Å². The first-order valence-corrected chi connectivity index (χ1v) is 21.9. The number of halogens is 4. The van der Waals surface area contributed by atoms with Crippen molar-refractivity contribution in [3.05, 3.63) is 117 Å². The number of primary amides is 2. The van der Waals surface area contributed by atoms with Gasteiger partial charge in [0.15, 0.2) is 11.4 Å². The summed E-state index contributed by atoms with van der Waals surface area (Å²) < 4.78 is 33.0. The van der Waals surface area contributed by atoms with Gasteiger partial charge in [-0.2, -0.15) is 10.2 Å². The van der Waals surface area contributed by atoms with Gasteiger partial charge in [-0.25, -0.2) is 8.78 Å². The van der Waals surface area contributed by atoms with Crippen LogP contribution < -0.4 is 22.1 Å². The van der Waals surface area contributed by atoms with Crippen LogP contribution in [0.1, 0.15) is 65.7 Å².